The van der Waals surface area contributed by atoms with Gasteiger partial charge in [-0.05, 0) is 45.3 Å². The molecule has 4 rings (SSSR count). The van der Waals surface area contributed by atoms with Crippen LogP contribution in [0.3, 0.4) is 0 Å². The van der Waals surface area contributed by atoms with E-state index >= 15 is 0 Å². The molecule has 1 atom stereocenters. The minimum absolute atomic E-state index is 0.417. The molecule has 0 aliphatic carbocycles. The van der Waals surface area contributed by atoms with Crippen LogP contribution < -0.4 is 0 Å². The summed E-state index contributed by atoms with van der Waals surface area (Å²) in [6.07, 6.45) is 7.10. The molecule has 0 amide bonds. The van der Waals surface area contributed by atoms with Gasteiger partial charge in [-0.25, -0.2) is 0 Å². The molecule has 0 saturated carbocycles. The van der Waals surface area contributed by atoms with Crippen LogP contribution in [0.4, 0.5) is 0 Å². The van der Waals surface area contributed by atoms with E-state index in [1.165, 1.54) is 32.4 Å². The van der Waals surface area contributed by atoms with E-state index in [0.717, 1.165) is 68.8 Å². The molecule has 0 aromatic carbocycles. The molecule has 8 heteroatoms. The topological polar surface area (TPSA) is 76.1 Å². The monoisotopic (exact) mass is 373 g/mol. The fourth-order valence-corrected chi connectivity index (χ4v) is 4.29. The molecule has 2 fully saturated rings. The number of piperidine rings is 2. The average molecular weight is 374 g/mol. The quantitative estimate of drug-likeness (QED) is 0.768. The van der Waals surface area contributed by atoms with Gasteiger partial charge in [0.05, 0.1) is 13.1 Å². The van der Waals surface area contributed by atoms with E-state index in [9.17, 15) is 0 Å². The van der Waals surface area contributed by atoms with Gasteiger partial charge in [-0.3, -0.25) is 9.80 Å². The van der Waals surface area contributed by atoms with Crippen molar-refractivity contribution in [3.8, 4) is 0 Å². The minimum Gasteiger partial charge on any atom is -0.338 e. The first-order valence-corrected chi connectivity index (χ1v) is 10.4. The second kappa shape index (κ2) is 8.48. The summed E-state index contributed by atoms with van der Waals surface area (Å²) in [5, 5.41) is 13.1. The summed E-state index contributed by atoms with van der Waals surface area (Å²) in [5.41, 5.74) is 0. The van der Waals surface area contributed by atoms with Gasteiger partial charge >= 0.3 is 0 Å². The molecule has 2 aromatic rings. The lowest BCUT2D eigenvalue weighted by Crippen LogP contribution is -2.35. The zero-order chi connectivity index (χ0) is 18.6. The Balaban J connectivity index is 1.39. The highest BCUT2D eigenvalue weighted by Gasteiger charge is 2.27. The maximum atomic E-state index is 5.37. The van der Waals surface area contributed by atoms with Crippen LogP contribution >= 0.6 is 0 Å². The first-order chi connectivity index (χ1) is 13.2. The summed E-state index contributed by atoms with van der Waals surface area (Å²) in [6.45, 7) is 8.09. The number of aryl methyl sites for hydroxylation is 1. The van der Waals surface area contributed by atoms with Crippen LogP contribution in [0.15, 0.2) is 4.52 Å². The largest absolute Gasteiger partial charge is 0.338 e. The van der Waals surface area contributed by atoms with Gasteiger partial charge in [0.2, 0.25) is 5.89 Å². The molecule has 2 aliphatic heterocycles. The Bertz CT molecular complexity index is 734. The van der Waals surface area contributed by atoms with E-state index in [0.29, 0.717) is 5.92 Å². The van der Waals surface area contributed by atoms with Gasteiger partial charge in [0.1, 0.15) is 11.6 Å². The summed E-state index contributed by atoms with van der Waals surface area (Å²) in [5.74, 6) is 4.13. The maximum absolute atomic E-state index is 5.37. The highest BCUT2D eigenvalue weighted by atomic mass is 16.5. The average Bonchev–Trinajstić information content (AvgIpc) is 3.30. The highest BCUT2D eigenvalue weighted by Crippen LogP contribution is 2.27. The highest BCUT2D eigenvalue weighted by molar-refractivity contribution is 5.04. The second-order valence-electron chi connectivity index (χ2n) is 7.90. The fraction of sp³-hybridized carbons (Fsp3) is 0.789. The predicted molar refractivity (Wildman–Crippen MR) is 101 cm³/mol. The van der Waals surface area contributed by atoms with Crippen LogP contribution in [0.5, 0.6) is 0 Å². The molecule has 4 heterocycles. The van der Waals surface area contributed by atoms with E-state index < -0.39 is 0 Å². The number of hydrogen-bond donors (Lipinski definition) is 0. The van der Waals surface area contributed by atoms with Gasteiger partial charge in [0, 0.05) is 25.9 Å². The van der Waals surface area contributed by atoms with Gasteiger partial charge in [0.25, 0.3) is 0 Å². The van der Waals surface area contributed by atoms with Crippen molar-refractivity contribution in [2.24, 2.45) is 7.05 Å². The van der Waals surface area contributed by atoms with Crippen LogP contribution in [-0.2, 0) is 26.6 Å². The standard InChI is InChI=1S/C19H31N7O/c1-3-16-20-18(27-23-16)14-26-11-7-8-15(12-26)19-22-21-17(24(19)2)13-25-9-5-4-6-10-25/h15H,3-14H2,1-2H3. The Hall–Kier alpha value is -1.80. The lowest BCUT2D eigenvalue weighted by atomic mass is 9.97. The van der Waals surface area contributed by atoms with Crippen LogP contribution in [0.2, 0.25) is 0 Å². The molecule has 8 nitrogen and oxygen atoms in total. The number of aromatic nitrogens is 5. The van der Waals surface area contributed by atoms with Crippen molar-refractivity contribution in [3.63, 3.8) is 0 Å². The third-order valence-corrected chi connectivity index (χ3v) is 5.87. The Morgan fingerprint density at radius 2 is 1.81 bits per heavy atom. The first kappa shape index (κ1) is 18.6. The zero-order valence-electron chi connectivity index (χ0n) is 16.6. The van der Waals surface area contributed by atoms with E-state index in [1.54, 1.807) is 0 Å². The summed E-state index contributed by atoms with van der Waals surface area (Å²) >= 11 is 0. The van der Waals surface area contributed by atoms with Gasteiger partial charge in [0.15, 0.2) is 5.82 Å². The van der Waals surface area contributed by atoms with Gasteiger partial charge in [-0.1, -0.05) is 18.5 Å². The summed E-state index contributed by atoms with van der Waals surface area (Å²) in [4.78, 5) is 9.36. The molecule has 2 aromatic heterocycles. The van der Waals surface area contributed by atoms with Crippen molar-refractivity contribution in [3.05, 3.63) is 23.4 Å². The normalized spacial score (nSPS) is 22.4. The van der Waals surface area contributed by atoms with Crippen molar-refractivity contribution in [2.45, 2.75) is 64.5 Å². The molecule has 0 bridgehead atoms. The molecular weight excluding hydrogens is 342 g/mol. The van der Waals surface area contributed by atoms with Crippen molar-refractivity contribution < 1.29 is 4.52 Å². The number of likely N-dealkylation sites (tertiary alicyclic amines) is 2. The smallest absolute Gasteiger partial charge is 0.240 e. The molecule has 2 aliphatic rings. The van der Waals surface area contributed by atoms with Crippen molar-refractivity contribution in [1.82, 2.24) is 34.7 Å². The molecule has 0 radical (unpaired) electrons. The molecular formula is C19H31N7O. The summed E-state index contributed by atoms with van der Waals surface area (Å²) in [7, 11) is 2.12. The number of nitrogens with zero attached hydrogens (tertiary/aromatic N) is 7. The van der Waals surface area contributed by atoms with Crippen molar-refractivity contribution in [1.29, 1.82) is 0 Å². The Morgan fingerprint density at radius 1 is 1.00 bits per heavy atom. The predicted octanol–water partition coefficient (Wildman–Crippen LogP) is 2.13. The van der Waals surface area contributed by atoms with Crippen LogP contribution in [0, 0.1) is 0 Å². The number of hydrogen-bond acceptors (Lipinski definition) is 7. The molecule has 1 unspecified atom stereocenters. The Labute approximate surface area is 160 Å². The lowest BCUT2D eigenvalue weighted by Gasteiger charge is -2.31. The molecule has 27 heavy (non-hydrogen) atoms. The fourth-order valence-electron chi connectivity index (χ4n) is 4.29. The van der Waals surface area contributed by atoms with Crippen molar-refractivity contribution in [2.75, 3.05) is 26.2 Å². The Kier molecular flexibility index (Phi) is 5.83. The SMILES string of the molecule is CCc1noc(CN2CCCC(c3nnc(CN4CCCCC4)n3C)C2)n1. The van der Waals surface area contributed by atoms with Crippen LogP contribution in [0.1, 0.15) is 68.3 Å². The van der Waals surface area contributed by atoms with Gasteiger partial charge in [-0.15, -0.1) is 10.2 Å². The first-order valence-electron chi connectivity index (χ1n) is 10.4. The third kappa shape index (κ3) is 4.38. The van der Waals surface area contributed by atoms with E-state index in [4.69, 9.17) is 4.52 Å². The summed E-state index contributed by atoms with van der Waals surface area (Å²) < 4.78 is 7.60. The van der Waals surface area contributed by atoms with Crippen LogP contribution in [-0.4, -0.2) is 60.9 Å². The van der Waals surface area contributed by atoms with E-state index in [2.05, 4.69) is 41.8 Å². The number of rotatable bonds is 6. The molecule has 0 spiro atoms. The Morgan fingerprint density at radius 3 is 2.59 bits per heavy atom. The van der Waals surface area contributed by atoms with E-state index in [-0.39, 0.29) is 0 Å². The molecule has 2 saturated heterocycles. The lowest BCUT2D eigenvalue weighted by molar-refractivity contribution is 0.172. The van der Waals surface area contributed by atoms with Gasteiger partial charge in [-0.2, -0.15) is 4.98 Å². The van der Waals surface area contributed by atoms with Gasteiger partial charge < -0.3 is 9.09 Å². The van der Waals surface area contributed by atoms with E-state index in [1.807, 2.05) is 6.92 Å². The summed E-state index contributed by atoms with van der Waals surface area (Å²) in [6, 6.07) is 0. The maximum Gasteiger partial charge on any atom is 0.240 e. The van der Waals surface area contributed by atoms with Crippen LogP contribution in [0.25, 0.3) is 0 Å². The molecule has 0 N–H and O–H groups in total. The van der Waals surface area contributed by atoms with Crippen molar-refractivity contribution >= 4 is 0 Å². The zero-order valence-corrected chi connectivity index (χ0v) is 16.6. The second-order valence-corrected chi connectivity index (χ2v) is 7.90. The minimum atomic E-state index is 0.417. The third-order valence-electron chi connectivity index (χ3n) is 5.87. The molecule has 148 valence electrons.